The lowest BCUT2D eigenvalue weighted by atomic mass is 10.00. The van der Waals surface area contributed by atoms with Gasteiger partial charge in [-0.3, -0.25) is 4.79 Å². The number of benzene rings is 2. The second-order valence-electron chi connectivity index (χ2n) is 5.37. The number of hydrogen-bond acceptors (Lipinski definition) is 1. The van der Waals surface area contributed by atoms with Crippen molar-refractivity contribution in [1.29, 1.82) is 0 Å². The molecule has 0 N–H and O–H groups in total. The fourth-order valence-corrected chi connectivity index (χ4v) is 3.02. The van der Waals surface area contributed by atoms with Crippen LogP contribution in [-0.2, 0) is 6.42 Å². The monoisotopic (exact) mass is 321 g/mol. The highest BCUT2D eigenvalue weighted by Gasteiger charge is 2.29. The van der Waals surface area contributed by atoms with Gasteiger partial charge in [-0.2, -0.15) is 0 Å². The van der Waals surface area contributed by atoms with Gasteiger partial charge in [-0.25, -0.2) is 8.78 Å². The van der Waals surface area contributed by atoms with Crippen LogP contribution in [0.1, 0.15) is 27.9 Å². The van der Waals surface area contributed by atoms with Gasteiger partial charge < -0.3 is 4.90 Å². The number of halogens is 3. The van der Waals surface area contributed by atoms with Gasteiger partial charge >= 0.3 is 0 Å². The molecule has 2 aromatic rings. The summed E-state index contributed by atoms with van der Waals surface area (Å²) in [5, 5.41) is -0.0352. The van der Waals surface area contributed by atoms with Crippen molar-refractivity contribution in [3.8, 4) is 0 Å². The van der Waals surface area contributed by atoms with Crippen LogP contribution < -0.4 is 4.90 Å². The zero-order chi connectivity index (χ0) is 15.9. The number of amides is 1. The normalized spacial score (nSPS) is 13.9. The maximum Gasteiger partial charge on any atom is 0.262 e. The average molecular weight is 322 g/mol. The summed E-state index contributed by atoms with van der Waals surface area (Å²) in [7, 11) is 0. The standard InChI is InChI=1S/C17H14ClF2NO/c1-10-9-12(19)16(20)14(15(10)18)17(22)21-8-4-6-11-5-2-3-7-13(11)21/h2-3,5,7,9H,4,6,8H2,1H3. The third kappa shape index (κ3) is 2.37. The van der Waals surface area contributed by atoms with Gasteiger partial charge in [0.2, 0.25) is 0 Å². The smallest absolute Gasteiger partial charge is 0.262 e. The molecule has 1 heterocycles. The number of anilines is 1. The van der Waals surface area contributed by atoms with Crippen molar-refractivity contribution in [3.05, 3.63) is 63.7 Å². The van der Waals surface area contributed by atoms with Crippen molar-refractivity contribution in [2.24, 2.45) is 0 Å². The first-order valence-electron chi connectivity index (χ1n) is 7.04. The first-order valence-corrected chi connectivity index (χ1v) is 7.42. The molecular weight excluding hydrogens is 308 g/mol. The third-order valence-corrected chi connectivity index (χ3v) is 4.39. The molecule has 1 amide bonds. The van der Waals surface area contributed by atoms with E-state index in [1.807, 2.05) is 24.3 Å². The SMILES string of the molecule is Cc1cc(F)c(F)c(C(=O)N2CCCc3ccccc32)c1Cl. The van der Waals surface area contributed by atoms with Crippen LogP contribution in [0.2, 0.25) is 5.02 Å². The number of carbonyl (C=O) groups is 1. The van der Waals surface area contributed by atoms with E-state index in [0.29, 0.717) is 12.1 Å². The number of carbonyl (C=O) groups excluding carboxylic acids is 1. The highest BCUT2D eigenvalue weighted by atomic mass is 35.5. The minimum Gasteiger partial charge on any atom is -0.308 e. The van der Waals surface area contributed by atoms with Crippen LogP contribution >= 0.6 is 11.6 Å². The van der Waals surface area contributed by atoms with Crippen molar-refractivity contribution in [1.82, 2.24) is 0 Å². The predicted molar refractivity (Wildman–Crippen MR) is 82.5 cm³/mol. The number of hydrogen-bond donors (Lipinski definition) is 0. The van der Waals surface area contributed by atoms with Crippen molar-refractivity contribution < 1.29 is 13.6 Å². The van der Waals surface area contributed by atoms with Crippen LogP contribution in [0.4, 0.5) is 14.5 Å². The van der Waals surface area contributed by atoms with E-state index in [2.05, 4.69) is 0 Å². The molecule has 0 aromatic heterocycles. The molecule has 0 bridgehead atoms. The molecule has 3 rings (SSSR count). The van der Waals surface area contributed by atoms with E-state index >= 15 is 0 Å². The second kappa shape index (κ2) is 5.69. The minimum absolute atomic E-state index is 0.0352. The third-order valence-electron chi connectivity index (χ3n) is 3.91. The highest BCUT2D eigenvalue weighted by molar-refractivity contribution is 6.35. The minimum atomic E-state index is -1.19. The lowest BCUT2D eigenvalue weighted by Crippen LogP contribution is -2.36. The van der Waals surface area contributed by atoms with Crippen molar-refractivity contribution in [2.45, 2.75) is 19.8 Å². The Morgan fingerprint density at radius 3 is 2.77 bits per heavy atom. The molecule has 1 aliphatic heterocycles. The topological polar surface area (TPSA) is 20.3 Å². The van der Waals surface area contributed by atoms with Gasteiger partial charge in [-0.1, -0.05) is 29.8 Å². The molecule has 0 aliphatic carbocycles. The van der Waals surface area contributed by atoms with E-state index in [-0.39, 0.29) is 5.02 Å². The summed E-state index contributed by atoms with van der Waals surface area (Å²) < 4.78 is 27.8. The number of nitrogens with zero attached hydrogens (tertiary/aromatic N) is 1. The molecule has 5 heteroatoms. The zero-order valence-corrected chi connectivity index (χ0v) is 12.8. The molecule has 0 spiro atoms. The van der Waals surface area contributed by atoms with E-state index in [1.54, 1.807) is 6.92 Å². The highest BCUT2D eigenvalue weighted by Crippen LogP contribution is 2.32. The van der Waals surface area contributed by atoms with Crippen LogP contribution in [0.25, 0.3) is 0 Å². The summed E-state index contributed by atoms with van der Waals surface area (Å²) in [4.78, 5) is 14.2. The number of rotatable bonds is 1. The molecule has 114 valence electrons. The van der Waals surface area contributed by atoms with Gasteiger partial charge in [0.1, 0.15) is 0 Å². The van der Waals surface area contributed by atoms with Crippen LogP contribution in [0.15, 0.2) is 30.3 Å². The van der Waals surface area contributed by atoms with E-state index < -0.39 is 23.1 Å². The average Bonchev–Trinajstić information content (AvgIpc) is 2.52. The molecule has 0 atom stereocenters. The van der Waals surface area contributed by atoms with Gasteiger partial charge in [0.05, 0.1) is 10.6 Å². The van der Waals surface area contributed by atoms with E-state index in [0.717, 1.165) is 30.2 Å². The molecular formula is C17H14ClF2NO. The summed E-state index contributed by atoms with van der Waals surface area (Å²) in [6, 6.07) is 8.46. The lowest BCUT2D eigenvalue weighted by Gasteiger charge is -2.30. The number of fused-ring (bicyclic) bond motifs is 1. The summed E-state index contributed by atoms with van der Waals surface area (Å²) in [6.45, 7) is 2.01. The molecule has 0 fully saturated rings. The van der Waals surface area contributed by atoms with Crippen LogP contribution in [0.3, 0.4) is 0 Å². The number of aryl methyl sites for hydroxylation is 2. The van der Waals surface area contributed by atoms with Gasteiger partial charge in [-0.15, -0.1) is 0 Å². The molecule has 2 aromatic carbocycles. The zero-order valence-electron chi connectivity index (χ0n) is 12.0. The van der Waals surface area contributed by atoms with Gasteiger partial charge in [-0.05, 0) is 43.0 Å². The van der Waals surface area contributed by atoms with E-state index in [1.165, 1.54) is 4.90 Å². The molecule has 22 heavy (non-hydrogen) atoms. The molecule has 0 unspecified atom stereocenters. The maximum atomic E-state index is 14.1. The molecule has 0 saturated heterocycles. The summed E-state index contributed by atoms with van der Waals surface area (Å²) in [6.07, 6.45) is 1.63. The first-order chi connectivity index (χ1) is 10.5. The largest absolute Gasteiger partial charge is 0.308 e. The molecule has 0 saturated carbocycles. The Bertz CT molecular complexity index is 734. The summed E-state index contributed by atoms with van der Waals surface area (Å²) >= 11 is 6.06. The van der Waals surface area contributed by atoms with Crippen molar-refractivity contribution >= 4 is 23.2 Å². The quantitative estimate of drug-likeness (QED) is 0.707. The summed E-state index contributed by atoms with van der Waals surface area (Å²) in [5.41, 5.74) is 1.70. The Hall–Kier alpha value is -1.94. The van der Waals surface area contributed by atoms with Crippen LogP contribution in [-0.4, -0.2) is 12.5 Å². The van der Waals surface area contributed by atoms with Crippen molar-refractivity contribution in [2.75, 3.05) is 11.4 Å². The number of para-hydroxylation sites is 1. The Kier molecular flexibility index (Phi) is 3.87. The second-order valence-corrected chi connectivity index (χ2v) is 5.75. The molecule has 2 nitrogen and oxygen atoms in total. The Morgan fingerprint density at radius 2 is 2.00 bits per heavy atom. The van der Waals surface area contributed by atoms with E-state index in [9.17, 15) is 13.6 Å². The summed E-state index contributed by atoms with van der Waals surface area (Å²) in [5.74, 6) is -2.85. The lowest BCUT2D eigenvalue weighted by molar-refractivity contribution is 0.0980. The van der Waals surface area contributed by atoms with Gasteiger partial charge in [0.25, 0.3) is 5.91 Å². The van der Waals surface area contributed by atoms with Crippen LogP contribution in [0, 0.1) is 18.6 Å². The van der Waals surface area contributed by atoms with Gasteiger partial charge in [0, 0.05) is 12.2 Å². The van der Waals surface area contributed by atoms with E-state index in [4.69, 9.17) is 11.6 Å². The Balaban J connectivity index is 2.11. The maximum absolute atomic E-state index is 14.1. The predicted octanol–water partition coefficient (Wildman–Crippen LogP) is 4.52. The van der Waals surface area contributed by atoms with Crippen molar-refractivity contribution in [3.63, 3.8) is 0 Å². The first kappa shape index (κ1) is 15.0. The molecule has 1 aliphatic rings. The Labute approximate surface area is 132 Å². The molecule has 0 radical (unpaired) electrons. The van der Waals surface area contributed by atoms with Crippen LogP contribution in [0.5, 0.6) is 0 Å². The van der Waals surface area contributed by atoms with Gasteiger partial charge in [0.15, 0.2) is 11.6 Å². The Morgan fingerprint density at radius 1 is 1.27 bits per heavy atom. The fourth-order valence-electron chi connectivity index (χ4n) is 2.80. The fraction of sp³-hybridized carbons (Fsp3) is 0.235.